The van der Waals surface area contributed by atoms with Crippen LogP contribution in [0.25, 0.3) is 5.57 Å². The summed E-state index contributed by atoms with van der Waals surface area (Å²) >= 11 is 0. The van der Waals surface area contributed by atoms with Crippen molar-refractivity contribution < 1.29 is 14.3 Å². The van der Waals surface area contributed by atoms with Gasteiger partial charge in [0.1, 0.15) is 11.8 Å². The molecule has 0 saturated carbocycles. The number of hydrogen-bond acceptors (Lipinski definition) is 3. The fourth-order valence-electron chi connectivity index (χ4n) is 3.14. The van der Waals surface area contributed by atoms with Gasteiger partial charge in [0.25, 0.3) is 0 Å². The molecule has 1 unspecified atom stereocenters. The molecule has 2 aromatic rings. The van der Waals surface area contributed by atoms with Crippen molar-refractivity contribution in [1.82, 2.24) is 5.32 Å². The van der Waals surface area contributed by atoms with E-state index in [2.05, 4.69) is 5.32 Å². The summed E-state index contributed by atoms with van der Waals surface area (Å²) in [6.07, 6.45) is 2.11. The van der Waals surface area contributed by atoms with Crippen LogP contribution in [-0.4, -0.2) is 31.5 Å². The smallest absolute Gasteiger partial charge is 0.249 e. The molecule has 2 aromatic carbocycles. The van der Waals surface area contributed by atoms with Gasteiger partial charge in [-0.25, -0.2) is 0 Å². The molecule has 1 heterocycles. The van der Waals surface area contributed by atoms with E-state index in [1.54, 1.807) is 12.0 Å². The number of carbonyl (C=O) groups excluding carboxylic acids is 2. The number of hydrogen-bond donors (Lipinski definition) is 1. The molecule has 1 aliphatic rings. The van der Waals surface area contributed by atoms with Crippen molar-refractivity contribution in [2.24, 2.45) is 0 Å². The molecular weight excluding hydrogens is 328 g/mol. The van der Waals surface area contributed by atoms with Gasteiger partial charge in [0.05, 0.1) is 7.11 Å². The van der Waals surface area contributed by atoms with E-state index in [4.69, 9.17) is 4.74 Å². The Labute approximate surface area is 153 Å². The number of methoxy groups -OCH3 is 1. The summed E-state index contributed by atoms with van der Waals surface area (Å²) in [4.78, 5) is 26.7. The molecule has 0 spiro atoms. The molecule has 5 nitrogen and oxygen atoms in total. The van der Waals surface area contributed by atoms with Gasteiger partial charge in [-0.3, -0.25) is 9.59 Å². The third kappa shape index (κ3) is 3.77. The third-order valence-electron chi connectivity index (χ3n) is 4.47. The Hall–Kier alpha value is -3.08. The van der Waals surface area contributed by atoms with Crippen molar-refractivity contribution in [3.05, 3.63) is 66.2 Å². The van der Waals surface area contributed by atoms with Crippen LogP contribution < -0.4 is 15.0 Å². The second kappa shape index (κ2) is 7.87. The van der Waals surface area contributed by atoms with E-state index in [0.29, 0.717) is 18.7 Å². The van der Waals surface area contributed by atoms with E-state index in [0.717, 1.165) is 16.8 Å². The Morgan fingerprint density at radius 2 is 1.85 bits per heavy atom. The highest BCUT2D eigenvalue weighted by molar-refractivity contribution is 6.03. The van der Waals surface area contributed by atoms with Gasteiger partial charge < -0.3 is 15.0 Å². The van der Waals surface area contributed by atoms with Crippen LogP contribution in [0, 0.1) is 0 Å². The van der Waals surface area contributed by atoms with Crippen LogP contribution in [0.15, 0.2) is 60.7 Å². The fourth-order valence-corrected chi connectivity index (χ4v) is 3.14. The SMILES string of the molecule is COc1ccccc1C(C)=CC(=O)NC1CCN(c2ccccc2)C1=O. The van der Waals surface area contributed by atoms with Crippen molar-refractivity contribution in [2.75, 3.05) is 18.6 Å². The maximum absolute atomic E-state index is 12.6. The Bertz CT molecular complexity index is 830. The normalized spacial score (nSPS) is 17.3. The number of para-hydroxylation sites is 2. The average Bonchev–Trinajstić information content (AvgIpc) is 3.02. The lowest BCUT2D eigenvalue weighted by atomic mass is 10.1. The lowest BCUT2D eigenvalue weighted by molar-refractivity contribution is -0.123. The Morgan fingerprint density at radius 1 is 1.15 bits per heavy atom. The number of benzene rings is 2. The van der Waals surface area contributed by atoms with Crippen LogP contribution in [0.5, 0.6) is 5.75 Å². The number of ether oxygens (including phenoxy) is 1. The number of nitrogens with zero attached hydrogens (tertiary/aromatic N) is 1. The van der Waals surface area contributed by atoms with Crippen LogP contribution in [0.3, 0.4) is 0 Å². The van der Waals surface area contributed by atoms with E-state index in [1.807, 2.05) is 61.5 Å². The quantitative estimate of drug-likeness (QED) is 0.844. The first-order valence-electron chi connectivity index (χ1n) is 8.59. The lowest BCUT2D eigenvalue weighted by Crippen LogP contribution is -2.41. The van der Waals surface area contributed by atoms with Crippen LogP contribution in [0.1, 0.15) is 18.9 Å². The molecule has 3 rings (SSSR count). The Balaban J connectivity index is 1.68. The zero-order valence-corrected chi connectivity index (χ0v) is 14.9. The number of rotatable bonds is 5. The third-order valence-corrected chi connectivity index (χ3v) is 4.47. The number of amides is 2. The highest BCUT2D eigenvalue weighted by Gasteiger charge is 2.33. The van der Waals surface area contributed by atoms with Crippen molar-refractivity contribution in [3.63, 3.8) is 0 Å². The Morgan fingerprint density at radius 3 is 2.58 bits per heavy atom. The first kappa shape index (κ1) is 17.7. The molecule has 26 heavy (non-hydrogen) atoms. The second-order valence-corrected chi connectivity index (χ2v) is 6.20. The van der Waals surface area contributed by atoms with Gasteiger partial charge in [-0.05, 0) is 37.1 Å². The highest BCUT2D eigenvalue weighted by Crippen LogP contribution is 2.25. The van der Waals surface area contributed by atoms with E-state index < -0.39 is 6.04 Å². The molecule has 1 fully saturated rings. The number of carbonyl (C=O) groups is 2. The molecule has 1 N–H and O–H groups in total. The van der Waals surface area contributed by atoms with Gasteiger partial charge in [0.15, 0.2) is 0 Å². The Kier molecular flexibility index (Phi) is 5.37. The molecule has 1 atom stereocenters. The monoisotopic (exact) mass is 350 g/mol. The van der Waals surface area contributed by atoms with Gasteiger partial charge in [0, 0.05) is 23.9 Å². The van der Waals surface area contributed by atoms with Crippen molar-refractivity contribution in [2.45, 2.75) is 19.4 Å². The maximum Gasteiger partial charge on any atom is 0.249 e. The van der Waals surface area contributed by atoms with Gasteiger partial charge in [-0.1, -0.05) is 36.4 Å². The van der Waals surface area contributed by atoms with Crippen molar-refractivity contribution in [1.29, 1.82) is 0 Å². The van der Waals surface area contributed by atoms with Crippen LogP contribution in [-0.2, 0) is 9.59 Å². The summed E-state index contributed by atoms with van der Waals surface area (Å²) in [7, 11) is 1.60. The molecule has 0 bridgehead atoms. The minimum atomic E-state index is -0.496. The van der Waals surface area contributed by atoms with Gasteiger partial charge in [0.2, 0.25) is 11.8 Å². The topological polar surface area (TPSA) is 58.6 Å². The number of anilines is 1. The number of nitrogens with one attached hydrogen (secondary N) is 1. The molecule has 1 saturated heterocycles. The predicted molar refractivity (Wildman–Crippen MR) is 102 cm³/mol. The van der Waals surface area contributed by atoms with E-state index >= 15 is 0 Å². The second-order valence-electron chi connectivity index (χ2n) is 6.20. The lowest BCUT2D eigenvalue weighted by Gasteiger charge is -2.17. The largest absolute Gasteiger partial charge is 0.496 e. The van der Waals surface area contributed by atoms with Crippen molar-refractivity contribution in [3.8, 4) is 5.75 Å². The van der Waals surface area contributed by atoms with Crippen LogP contribution in [0.4, 0.5) is 5.69 Å². The standard InChI is InChI=1S/C21H22N2O3/c1-15(17-10-6-7-11-19(17)26-2)14-20(24)22-18-12-13-23(21(18)25)16-8-4-3-5-9-16/h3-11,14,18H,12-13H2,1-2H3,(H,22,24). The molecule has 2 amide bonds. The fraction of sp³-hybridized carbons (Fsp3) is 0.238. The van der Waals surface area contributed by atoms with Crippen LogP contribution >= 0.6 is 0 Å². The predicted octanol–water partition coefficient (Wildman–Crippen LogP) is 3.02. The zero-order chi connectivity index (χ0) is 18.5. The summed E-state index contributed by atoms with van der Waals surface area (Å²) < 4.78 is 5.33. The summed E-state index contributed by atoms with van der Waals surface area (Å²) in [5, 5.41) is 2.82. The van der Waals surface area contributed by atoms with Crippen LogP contribution in [0.2, 0.25) is 0 Å². The summed E-state index contributed by atoms with van der Waals surface area (Å²) in [5.74, 6) is 0.357. The van der Waals surface area contributed by atoms with Gasteiger partial charge in [-0.2, -0.15) is 0 Å². The first-order valence-corrected chi connectivity index (χ1v) is 8.59. The molecule has 5 heteroatoms. The summed E-state index contributed by atoms with van der Waals surface area (Å²) in [6, 6.07) is 16.5. The van der Waals surface area contributed by atoms with Gasteiger partial charge in [-0.15, -0.1) is 0 Å². The molecule has 0 aromatic heterocycles. The molecule has 1 aliphatic heterocycles. The van der Waals surface area contributed by atoms with E-state index in [9.17, 15) is 9.59 Å². The van der Waals surface area contributed by atoms with Gasteiger partial charge >= 0.3 is 0 Å². The maximum atomic E-state index is 12.6. The minimum Gasteiger partial charge on any atom is -0.496 e. The van der Waals surface area contributed by atoms with Crippen molar-refractivity contribution >= 4 is 23.1 Å². The van der Waals surface area contributed by atoms with E-state index in [-0.39, 0.29) is 11.8 Å². The molecule has 0 aliphatic carbocycles. The average molecular weight is 350 g/mol. The first-order chi connectivity index (χ1) is 12.6. The summed E-state index contributed by atoms with van der Waals surface area (Å²) in [5.41, 5.74) is 2.49. The van der Waals surface area contributed by atoms with E-state index in [1.165, 1.54) is 6.08 Å². The zero-order valence-electron chi connectivity index (χ0n) is 14.9. The number of allylic oxidation sites excluding steroid dienone is 1. The summed E-state index contributed by atoms with van der Waals surface area (Å²) in [6.45, 7) is 2.45. The highest BCUT2D eigenvalue weighted by atomic mass is 16.5. The minimum absolute atomic E-state index is 0.0760. The molecular formula is C21H22N2O3. The molecule has 134 valence electrons. The molecule has 0 radical (unpaired) electrons.